The third kappa shape index (κ3) is 3.32. The molecule has 0 radical (unpaired) electrons. The van der Waals surface area contributed by atoms with Crippen molar-refractivity contribution in [3.8, 4) is 0 Å². The van der Waals surface area contributed by atoms with Gasteiger partial charge in [-0.25, -0.2) is 4.98 Å². The minimum atomic E-state index is 0.324. The molecule has 2 aromatic heterocycles. The maximum Gasteiger partial charge on any atom is 0.128 e. The maximum atomic E-state index is 4.51. The van der Waals surface area contributed by atoms with Gasteiger partial charge in [0, 0.05) is 44.6 Å². The van der Waals surface area contributed by atoms with E-state index in [1.807, 2.05) is 44.4 Å². The molecule has 0 bridgehead atoms. The van der Waals surface area contributed by atoms with Gasteiger partial charge in [0.05, 0.1) is 6.20 Å². The molecular formula is C14H21N5. The third-order valence-corrected chi connectivity index (χ3v) is 3.27. The van der Waals surface area contributed by atoms with Crippen molar-refractivity contribution in [1.82, 2.24) is 20.1 Å². The summed E-state index contributed by atoms with van der Waals surface area (Å²) < 4.78 is 1.81. The first-order valence-corrected chi connectivity index (χ1v) is 6.42. The Balaban J connectivity index is 2.05. The second-order valence-electron chi connectivity index (χ2n) is 4.84. The lowest BCUT2D eigenvalue weighted by atomic mass is 10.1. The largest absolute Gasteiger partial charge is 0.355 e. The summed E-state index contributed by atoms with van der Waals surface area (Å²) in [6.07, 6.45) is 5.83. The predicted molar refractivity (Wildman–Crippen MR) is 77.0 cm³/mol. The topological polar surface area (TPSA) is 46.0 Å². The number of hydrogen-bond acceptors (Lipinski definition) is 4. The van der Waals surface area contributed by atoms with Crippen LogP contribution in [0.1, 0.15) is 24.1 Å². The van der Waals surface area contributed by atoms with Crippen molar-refractivity contribution in [2.75, 3.05) is 19.0 Å². The highest BCUT2D eigenvalue weighted by molar-refractivity contribution is 5.39. The van der Waals surface area contributed by atoms with E-state index in [0.717, 1.165) is 12.4 Å². The molecule has 2 aromatic rings. The molecule has 102 valence electrons. The van der Waals surface area contributed by atoms with Gasteiger partial charge in [-0.05, 0) is 25.6 Å². The van der Waals surface area contributed by atoms with Gasteiger partial charge < -0.3 is 10.2 Å². The summed E-state index contributed by atoms with van der Waals surface area (Å²) in [6.45, 7) is 2.93. The molecule has 1 unspecified atom stereocenters. The van der Waals surface area contributed by atoms with Gasteiger partial charge in [-0.2, -0.15) is 5.10 Å². The van der Waals surface area contributed by atoms with Crippen molar-refractivity contribution in [2.24, 2.45) is 7.05 Å². The normalized spacial score (nSPS) is 12.4. The molecule has 0 aromatic carbocycles. The van der Waals surface area contributed by atoms with Gasteiger partial charge in [0.1, 0.15) is 5.82 Å². The highest BCUT2D eigenvalue weighted by Crippen LogP contribution is 2.16. The summed E-state index contributed by atoms with van der Waals surface area (Å²) in [5.41, 5.74) is 2.38. The van der Waals surface area contributed by atoms with E-state index in [4.69, 9.17) is 0 Å². The Labute approximate surface area is 114 Å². The third-order valence-electron chi connectivity index (χ3n) is 3.27. The molecule has 0 saturated heterocycles. The monoisotopic (exact) mass is 259 g/mol. The van der Waals surface area contributed by atoms with Crippen LogP contribution < -0.4 is 10.2 Å². The molecule has 0 amide bonds. The first-order valence-electron chi connectivity index (χ1n) is 6.42. The van der Waals surface area contributed by atoms with Crippen molar-refractivity contribution >= 4 is 5.82 Å². The smallest absolute Gasteiger partial charge is 0.128 e. The van der Waals surface area contributed by atoms with E-state index >= 15 is 0 Å². The number of nitrogens with zero attached hydrogens (tertiary/aromatic N) is 4. The van der Waals surface area contributed by atoms with Crippen LogP contribution in [0.5, 0.6) is 0 Å². The molecule has 0 saturated carbocycles. The van der Waals surface area contributed by atoms with Gasteiger partial charge in [0.15, 0.2) is 0 Å². The van der Waals surface area contributed by atoms with Crippen LogP contribution >= 0.6 is 0 Å². The van der Waals surface area contributed by atoms with Gasteiger partial charge in [0.25, 0.3) is 0 Å². The van der Waals surface area contributed by atoms with Gasteiger partial charge in [-0.1, -0.05) is 6.07 Å². The highest BCUT2D eigenvalue weighted by Gasteiger charge is 2.07. The second kappa shape index (κ2) is 5.84. The van der Waals surface area contributed by atoms with E-state index < -0.39 is 0 Å². The van der Waals surface area contributed by atoms with Crippen LogP contribution in [0.25, 0.3) is 0 Å². The molecule has 2 rings (SSSR count). The minimum absolute atomic E-state index is 0.324. The number of aryl methyl sites for hydroxylation is 1. The quantitative estimate of drug-likeness (QED) is 0.888. The zero-order chi connectivity index (χ0) is 13.8. The molecule has 2 heterocycles. The van der Waals surface area contributed by atoms with Crippen LogP contribution in [0.3, 0.4) is 0 Å². The minimum Gasteiger partial charge on any atom is -0.355 e. The average Bonchev–Trinajstić information content (AvgIpc) is 2.83. The standard InChI is InChI=1S/C14H21N5/c1-11(15-2)13-5-6-14(16-8-13)18(3)9-12-7-17-19(4)10-12/h5-8,10-11,15H,9H2,1-4H3. The second-order valence-corrected chi connectivity index (χ2v) is 4.84. The molecule has 0 fully saturated rings. The molecule has 0 spiro atoms. The predicted octanol–water partition coefficient (Wildman–Crippen LogP) is 1.73. The van der Waals surface area contributed by atoms with Gasteiger partial charge in [0.2, 0.25) is 0 Å². The van der Waals surface area contributed by atoms with Gasteiger partial charge in [-0.15, -0.1) is 0 Å². The molecule has 5 nitrogen and oxygen atoms in total. The van der Waals surface area contributed by atoms with Gasteiger partial charge in [-0.3, -0.25) is 4.68 Å². The summed E-state index contributed by atoms with van der Waals surface area (Å²) in [5, 5.41) is 7.38. The summed E-state index contributed by atoms with van der Waals surface area (Å²) in [5.74, 6) is 0.968. The molecule has 1 N–H and O–H groups in total. The molecule has 1 atom stereocenters. The number of aromatic nitrogens is 3. The lowest BCUT2D eigenvalue weighted by molar-refractivity contribution is 0.649. The number of anilines is 1. The number of hydrogen-bond donors (Lipinski definition) is 1. The number of pyridine rings is 1. The summed E-state index contributed by atoms with van der Waals surface area (Å²) in [6, 6.07) is 4.49. The lowest BCUT2D eigenvalue weighted by Gasteiger charge is -2.18. The molecule has 5 heteroatoms. The fraction of sp³-hybridized carbons (Fsp3) is 0.429. The van der Waals surface area contributed by atoms with Crippen LogP contribution in [0.15, 0.2) is 30.7 Å². The van der Waals surface area contributed by atoms with E-state index in [1.165, 1.54) is 11.1 Å². The summed E-state index contributed by atoms with van der Waals surface area (Å²) >= 11 is 0. The van der Waals surface area contributed by atoms with E-state index in [9.17, 15) is 0 Å². The van der Waals surface area contributed by atoms with E-state index in [2.05, 4.69) is 39.4 Å². The fourth-order valence-corrected chi connectivity index (χ4v) is 1.95. The van der Waals surface area contributed by atoms with Crippen LogP contribution in [0.4, 0.5) is 5.82 Å². The van der Waals surface area contributed by atoms with E-state index in [0.29, 0.717) is 6.04 Å². The van der Waals surface area contributed by atoms with Crippen LogP contribution in [-0.2, 0) is 13.6 Å². The summed E-state index contributed by atoms with van der Waals surface area (Å²) in [4.78, 5) is 6.63. The SMILES string of the molecule is CNC(C)c1ccc(N(C)Cc2cnn(C)c2)nc1. The van der Waals surface area contributed by atoms with E-state index in [-0.39, 0.29) is 0 Å². The Morgan fingerprint density at radius 2 is 2.16 bits per heavy atom. The highest BCUT2D eigenvalue weighted by atomic mass is 15.2. The number of nitrogens with one attached hydrogen (secondary N) is 1. The first-order chi connectivity index (χ1) is 9.10. The number of rotatable bonds is 5. The zero-order valence-corrected chi connectivity index (χ0v) is 12.0. The lowest BCUT2D eigenvalue weighted by Crippen LogP contribution is -2.18. The maximum absolute atomic E-state index is 4.51. The van der Waals surface area contributed by atoms with Crippen molar-refractivity contribution < 1.29 is 0 Å². The Hall–Kier alpha value is -1.88. The first kappa shape index (κ1) is 13.5. The zero-order valence-electron chi connectivity index (χ0n) is 12.0. The van der Waals surface area contributed by atoms with E-state index in [1.54, 1.807) is 0 Å². The molecule has 0 aliphatic carbocycles. The van der Waals surface area contributed by atoms with Crippen LogP contribution in [0, 0.1) is 0 Å². The molecular weight excluding hydrogens is 238 g/mol. The molecule has 19 heavy (non-hydrogen) atoms. The van der Waals surface area contributed by atoms with Crippen molar-refractivity contribution in [2.45, 2.75) is 19.5 Å². The molecule has 0 aliphatic heterocycles. The van der Waals surface area contributed by atoms with Crippen molar-refractivity contribution in [3.63, 3.8) is 0 Å². The summed E-state index contributed by atoms with van der Waals surface area (Å²) in [7, 11) is 5.92. The Morgan fingerprint density at radius 3 is 2.68 bits per heavy atom. The van der Waals surface area contributed by atoms with Crippen LogP contribution in [0.2, 0.25) is 0 Å². The van der Waals surface area contributed by atoms with Crippen molar-refractivity contribution in [1.29, 1.82) is 0 Å². The Bertz CT molecular complexity index is 517. The van der Waals surface area contributed by atoms with Crippen molar-refractivity contribution in [3.05, 3.63) is 41.9 Å². The molecule has 0 aliphatic rings. The van der Waals surface area contributed by atoms with Crippen LogP contribution in [-0.4, -0.2) is 28.9 Å². The Kier molecular flexibility index (Phi) is 4.16. The Morgan fingerprint density at radius 1 is 1.37 bits per heavy atom. The van der Waals surface area contributed by atoms with Gasteiger partial charge >= 0.3 is 0 Å². The average molecular weight is 259 g/mol. The fourth-order valence-electron chi connectivity index (χ4n) is 1.95.